The van der Waals surface area contributed by atoms with E-state index < -0.39 is 35.7 Å². The Morgan fingerprint density at radius 1 is 1.13 bits per heavy atom. The molecular weight excluding hydrogens is 333 g/mol. The van der Waals surface area contributed by atoms with Crippen molar-refractivity contribution in [3.05, 3.63) is 64.4 Å². The number of carbonyl (C=O) groups excluding carboxylic acids is 1. The first-order valence-corrected chi connectivity index (χ1v) is 6.69. The van der Waals surface area contributed by atoms with Gasteiger partial charge < -0.3 is 10.2 Å². The van der Waals surface area contributed by atoms with Crippen molar-refractivity contribution >= 4 is 29.4 Å². The van der Waals surface area contributed by atoms with E-state index >= 15 is 0 Å². The van der Waals surface area contributed by atoms with Crippen LogP contribution < -0.4 is 5.32 Å². The van der Waals surface area contributed by atoms with E-state index in [0.29, 0.717) is 16.7 Å². The van der Waals surface area contributed by atoms with Crippen LogP contribution in [0.15, 0.2) is 41.6 Å². The van der Waals surface area contributed by atoms with Gasteiger partial charge in [0, 0.05) is 5.02 Å². The first-order chi connectivity index (χ1) is 11.0. The lowest BCUT2D eigenvalue weighted by Crippen LogP contribution is -2.18. The lowest BCUT2D eigenvalue weighted by atomic mass is 10.2. The second-order valence-corrected chi connectivity index (χ2v) is 4.77. The zero-order chi connectivity index (χ0) is 16.8. The molecule has 0 spiro atoms. The molecule has 1 amide bonds. The molecule has 4 nitrogen and oxygen atoms in total. The standard InChI is InChI=1S/C15H10ClF3N2O2/c16-10-3-1-9(2-4-10)7-20-23-8-13(22)21-12-6-5-11(17)14(18)15(12)19/h1-7H,8H2,(H,21,22)/b20-7-. The lowest BCUT2D eigenvalue weighted by molar-refractivity contribution is -0.120. The molecule has 120 valence electrons. The number of halogens is 4. The summed E-state index contributed by atoms with van der Waals surface area (Å²) in [6, 6.07) is 8.29. The van der Waals surface area contributed by atoms with Gasteiger partial charge in [0.1, 0.15) is 0 Å². The van der Waals surface area contributed by atoms with Crippen molar-refractivity contribution in [3.8, 4) is 0 Å². The first-order valence-electron chi connectivity index (χ1n) is 6.31. The SMILES string of the molecule is O=C(CO/N=C\c1ccc(Cl)cc1)Nc1ccc(F)c(F)c1F. The average Bonchev–Trinajstić information content (AvgIpc) is 2.54. The van der Waals surface area contributed by atoms with E-state index in [1.807, 2.05) is 5.32 Å². The predicted octanol–water partition coefficient (Wildman–Crippen LogP) is 3.75. The van der Waals surface area contributed by atoms with Crippen LogP contribution in [0, 0.1) is 17.5 Å². The molecule has 8 heteroatoms. The minimum absolute atomic E-state index is 0.487. The fraction of sp³-hybridized carbons (Fsp3) is 0.0667. The summed E-state index contributed by atoms with van der Waals surface area (Å²) in [7, 11) is 0. The highest BCUT2D eigenvalue weighted by Crippen LogP contribution is 2.19. The first kappa shape index (κ1) is 16.8. The van der Waals surface area contributed by atoms with Gasteiger partial charge in [-0.3, -0.25) is 4.79 Å². The van der Waals surface area contributed by atoms with Crippen molar-refractivity contribution in [2.75, 3.05) is 11.9 Å². The second-order valence-electron chi connectivity index (χ2n) is 4.33. The van der Waals surface area contributed by atoms with Gasteiger partial charge >= 0.3 is 0 Å². The number of hydrogen-bond acceptors (Lipinski definition) is 3. The number of nitrogens with zero attached hydrogens (tertiary/aromatic N) is 1. The number of amides is 1. The molecule has 0 fully saturated rings. The van der Waals surface area contributed by atoms with Crippen LogP contribution in [0.3, 0.4) is 0 Å². The van der Waals surface area contributed by atoms with Crippen LogP contribution in [0.1, 0.15) is 5.56 Å². The van der Waals surface area contributed by atoms with Crippen molar-refractivity contribution in [3.63, 3.8) is 0 Å². The zero-order valence-corrected chi connectivity index (χ0v) is 12.3. The largest absolute Gasteiger partial charge is 0.386 e. The summed E-state index contributed by atoms with van der Waals surface area (Å²) in [5.41, 5.74) is 0.209. The summed E-state index contributed by atoms with van der Waals surface area (Å²) in [6.07, 6.45) is 1.35. The zero-order valence-electron chi connectivity index (χ0n) is 11.5. The fourth-order valence-corrected chi connectivity index (χ4v) is 1.68. The van der Waals surface area contributed by atoms with Crippen LogP contribution in [0.25, 0.3) is 0 Å². The van der Waals surface area contributed by atoms with Gasteiger partial charge in [-0.15, -0.1) is 0 Å². The summed E-state index contributed by atoms with van der Waals surface area (Å²) in [5, 5.41) is 6.16. The van der Waals surface area contributed by atoms with Gasteiger partial charge in [-0.05, 0) is 29.8 Å². The van der Waals surface area contributed by atoms with Crippen molar-refractivity contribution in [2.45, 2.75) is 0 Å². The maximum Gasteiger partial charge on any atom is 0.265 e. The molecule has 0 aliphatic heterocycles. The van der Waals surface area contributed by atoms with Crippen molar-refractivity contribution in [1.29, 1.82) is 0 Å². The Kier molecular flexibility index (Phi) is 5.59. The molecule has 0 atom stereocenters. The van der Waals surface area contributed by atoms with Gasteiger partial charge in [-0.25, -0.2) is 13.2 Å². The van der Waals surface area contributed by atoms with Gasteiger partial charge in [0.05, 0.1) is 11.9 Å². The molecule has 0 saturated carbocycles. The van der Waals surface area contributed by atoms with Crippen LogP contribution in [0.5, 0.6) is 0 Å². The number of hydrogen-bond donors (Lipinski definition) is 1. The molecule has 1 N–H and O–H groups in total. The van der Waals surface area contributed by atoms with Crippen LogP contribution >= 0.6 is 11.6 Å². The molecular formula is C15H10ClF3N2O2. The summed E-state index contributed by atoms with van der Waals surface area (Å²) >= 11 is 5.72. The van der Waals surface area contributed by atoms with E-state index in [0.717, 1.165) is 6.07 Å². The summed E-state index contributed by atoms with van der Waals surface area (Å²) in [5.74, 6) is -5.26. The van der Waals surface area contributed by atoms with Gasteiger partial charge in [-0.1, -0.05) is 28.9 Å². The molecule has 0 saturated heterocycles. The van der Waals surface area contributed by atoms with Gasteiger partial charge in [0.2, 0.25) is 0 Å². The molecule has 0 bridgehead atoms. The van der Waals surface area contributed by atoms with Crippen LogP contribution in [0.4, 0.5) is 18.9 Å². The van der Waals surface area contributed by atoms with E-state index in [4.69, 9.17) is 16.4 Å². The van der Waals surface area contributed by atoms with E-state index in [1.165, 1.54) is 6.21 Å². The number of nitrogens with one attached hydrogen (secondary N) is 1. The van der Waals surface area contributed by atoms with Crippen molar-refractivity contribution < 1.29 is 22.8 Å². The monoisotopic (exact) mass is 342 g/mol. The number of oxime groups is 1. The normalized spacial score (nSPS) is 10.8. The fourth-order valence-electron chi connectivity index (χ4n) is 1.55. The topological polar surface area (TPSA) is 50.7 Å². The van der Waals surface area contributed by atoms with Crippen LogP contribution in [-0.2, 0) is 9.63 Å². The Hall–Kier alpha value is -2.54. The molecule has 0 aliphatic rings. The minimum atomic E-state index is -1.66. The summed E-state index contributed by atoms with van der Waals surface area (Å²) in [4.78, 5) is 16.2. The molecule has 0 radical (unpaired) electrons. The Morgan fingerprint density at radius 3 is 2.52 bits per heavy atom. The third-order valence-corrected chi connectivity index (χ3v) is 2.90. The Bertz CT molecular complexity index is 736. The summed E-state index contributed by atoms with van der Waals surface area (Å²) < 4.78 is 39.1. The highest BCUT2D eigenvalue weighted by molar-refractivity contribution is 6.30. The lowest BCUT2D eigenvalue weighted by Gasteiger charge is -2.06. The van der Waals surface area contributed by atoms with Gasteiger partial charge in [0.25, 0.3) is 5.91 Å². The third-order valence-electron chi connectivity index (χ3n) is 2.65. The predicted molar refractivity (Wildman–Crippen MR) is 79.9 cm³/mol. The second kappa shape index (κ2) is 7.64. The maximum atomic E-state index is 13.4. The average molecular weight is 343 g/mol. The molecule has 0 heterocycles. The van der Waals surface area contributed by atoms with Crippen LogP contribution in [0.2, 0.25) is 5.02 Å². The molecule has 2 rings (SSSR count). The van der Waals surface area contributed by atoms with Crippen LogP contribution in [-0.4, -0.2) is 18.7 Å². The smallest absolute Gasteiger partial charge is 0.265 e. The third kappa shape index (κ3) is 4.72. The molecule has 2 aromatic carbocycles. The Labute approximate surface area is 134 Å². The van der Waals surface area contributed by atoms with E-state index in [1.54, 1.807) is 24.3 Å². The molecule has 0 aliphatic carbocycles. The van der Waals surface area contributed by atoms with Crippen molar-refractivity contribution in [1.82, 2.24) is 0 Å². The highest BCUT2D eigenvalue weighted by atomic mass is 35.5. The van der Waals surface area contributed by atoms with E-state index in [9.17, 15) is 18.0 Å². The van der Waals surface area contributed by atoms with Crippen molar-refractivity contribution in [2.24, 2.45) is 5.16 Å². The minimum Gasteiger partial charge on any atom is -0.386 e. The maximum absolute atomic E-state index is 13.4. The molecule has 23 heavy (non-hydrogen) atoms. The Morgan fingerprint density at radius 2 is 1.83 bits per heavy atom. The number of benzene rings is 2. The van der Waals surface area contributed by atoms with E-state index in [-0.39, 0.29) is 0 Å². The molecule has 2 aromatic rings. The van der Waals surface area contributed by atoms with E-state index in [2.05, 4.69) is 5.16 Å². The number of carbonyl (C=O) groups is 1. The van der Waals surface area contributed by atoms with Gasteiger partial charge in [0.15, 0.2) is 24.1 Å². The molecule has 0 aromatic heterocycles. The number of anilines is 1. The Balaban J connectivity index is 1.86. The quantitative estimate of drug-likeness (QED) is 0.511. The highest BCUT2D eigenvalue weighted by Gasteiger charge is 2.15. The summed E-state index contributed by atoms with van der Waals surface area (Å²) in [6.45, 7) is -0.525. The number of rotatable bonds is 5. The van der Waals surface area contributed by atoms with Gasteiger partial charge in [-0.2, -0.15) is 0 Å². The molecule has 0 unspecified atom stereocenters.